The van der Waals surface area contributed by atoms with E-state index in [9.17, 15) is 17.9 Å². The molecule has 26 heavy (non-hydrogen) atoms. The summed E-state index contributed by atoms with van der Waals surface area (Å²) < 4.78 is 40.0. The van der Waals surface area contributed by atoms with E-state index in [0.29, 0.717) is 41.0 Å². The number of hydrogen-bond donors (Lipinski definition) is 2. The normalized spacial score (nSPS) is 17.5. The van der Waals surface area contributed by atoms with Crippen molar-refractivity contribution in [3.63, 3.8) is 0 Å². The number of likely N-dealkylation sites (N-methyl/N-ethyl adjacent to an activating group) is 1. The van der Waals surface area contributed by atoms with Crippen LogP contribution >= 0.6 is 11.3 Å². The van der Waals surface area contributed by atoms with Gasteiger partial charge in [0, 0.05) is 19.0 Å². The van der Waals surface area contributed by atoms with Gasteiger partial charge < -0.3 is 10.3 Å². The molecule has 0 saturated carbocycles. The lowest BCUT2D eigenvalue weighted by Gasteiger charge is -2.22. The first kappa shape index (κ1) is 19.0. The Hall–Kier alpha value is -1.81. The summed E-state index contributed by atoms with van der Waals surface area (Å²) in [7, 11) is -2.41. The van der Waals surface area contributed by atoms with Gasteiger partial charge >= 0.3 is 0 Å². The van der Waals surface area contributed by atoms with Gasteiger partial charge in [-0.2, -0.15) is 4.31 Å². The molecule has 1 unspecified atom stereocenters. The second kappa shape index (κ2) is 7.43. The number of aliphatic hydroxyl groups excluding tert-OH is 1. The molecule has 0 spiro atoms. The lowest BCUT2D eigenvalue weighted by atomic mass is 9.98. The molecule has 9 heteroatoms. The monoisotopic (exact) mass is 398 g/mol. The first-order valence-corrected chi connectivity index (χ1v) is 10.4. The molecule has 3 rings (SSSR count). The molecule has 0 radical (unpaired) electrons. The summed E-state index contributed by atoms with van der Waals surface area (Å²) in [5, 5.41) is 24.2. The van der Waals surface area contributed by atoms with Crippen molar-refractivity contribution in [3.8, 4) is 0 Å². The maximum absolute atomic E-state index is 13.0. The van der Waals surface area contributed by atoms with Crippen molar-refractivity contribution in [1.29, 1.82) is 0 Å². The van der Waals surface area contributed by atoms with Crippen molar-refractivity contribution in [2.24, 2.45) is 5.16 Å². The lowest BCUT2D eigenvalue weighted by molar-refractivity contribution is 0.155. The number of nitrogens with zero attached hydrogens (tertiary/aromatic N) is 2. The van der Waals surface area contributed by atoms with Crippen molar-refractivity contribution >= 4 is 27.1 Å². The highest BCUT2D eigenvalue weighted by Crippen LogP contribution is 2.34. The van der Waals surface area contributed by atoms with Crippen LogP contribution in [0.3, 0.4) is 0 Å². The fraction of sp³-hybridized carbons (Fsp3) is 0.353. The van der Waals surface area contributed by atoms with Gasteiger partial charge in [0.1, 0.15) is 5.82 Å². The third-order valence-electron chi connectivity index (χ3n) is 4.45. The molecule has 1 aromatic heterocycles. The number of halogens is 1. The fourth-order valence-electron chi connectivity index (χ4n) is 3.00. The van der Waals surface area contributed by atoms with Gasteiger partial charge in [0.2, 0.25) is 10.0 Å². The van der Waals surface area contributed by atoms with Gasteiger partial charge in [-0.1, -0.05) is 17.3 Å². The third kappa shape index (κ3) is 3.52. The Kier molecular flexibility index (Phi) is 5.42. The Labute approximate surface area is 155 Å². The van der Waals surface area contributed by atoms with Gasteiger partial charge in [0.15, 0.2) is 0 Å². The SMILES string of the molecule is CN(CC(O)c1ccc(F)cc1)S(=O)(=O)c1csc2c1CCC/C2=N\O. The molecule has 2 N–H and O–H groups in total. The molecule has 1 heterocycles. The molecule has 0 amide bonds. The van der Waals surface area contributed by atoms with E-state index in [0.717, 1.165) is 4.31 Å². The number of thiophene rings is 1. The van der Waals surface area contributed by atoms with Crippen molar-refractivity contribution in [2.45, 2.75) is 30.3 Å². The molecule has 140 valence electrons. The molecular weight excluding hydrogens is 379 g/mol. The summed E-state index contributed by atoms with van der Waals surface area (Å²) in [6, 6.07) is 5.30. The standard InChI is InChI=1S/C17H19FN2O4S2/c1-20(9-15(21)11-5-7-12(18)8-6-11)26(23,24)16-10-25-17-13(16)3-2-4-14(17)19-22/h5-8,10,15,21-22H,2-4,9H2,1H3/b19-14+. The predicted molar refractivity (Wildman–Crippen MR) is 96.8 cm³/mol. The number of benzene rings is 1. The molecule has 1 atom stereocenters. The number of fused-ring (bicyclic) bond motifs is 1. The van der Waals surface area contributed by atoms with Crippen LogP contribution in [0.15, 0.2) is 39.7 Å². The van der Waals surface area contributed by atoms with Crippen LogP contribution in [0.4, 0.5) is 4.39 Å². The van der Waals surface area contributed by atoms with Gasteiger partial charge in [-0.3, -0.25) is 0 Å². The first-order chi connectivity index (χ1) is 12.3. The first-order valence-electron chi connectivity index (χ1n) is 8.06. The number of rotatable bonds is 5. The summed E-state index contributed by atoms with van der Waals surface area (Å²) >= 11 is 1.25. The van der Waals surface area contributed by atoms with Crippen LogP contribution in [-0.4, -0.2) is 42.3 Å². The van der Waals surface area contributed by atoms with Crippen LogP contribution in [0.25, 0.3) is 0 Å². The summed E-state index contributed by atoms with van der Waals surface area (Å²) in [4.78, 5) is 0.886. The summed E-state index contributed by atoms with van der Waals surface area (Å²) in [5.74, 6) is -0.423. The Morgan fingerprint density at radius 2 is 2.00 bits per heavy atom. The predicted octanol–water partition coefficient (Wildman–Crippen LogP) is 2.76. The van der Waals surface area contributed by atoms with E-state index >= 15 is 0 Å². The zero-order valence-corrected chi connectivity index (χ0v) is 15.7. The van der Waals surface area contributed by atoms with Gasteiger partial charge in [-0.15, -0.1) is 11.3 Å². The van der Waals surface area contributed by atoms with Gasteiger partial charge in [0.25, 0.3) is 0 Å². The molecular formula is C17H19FN2O4S2. The van der Waals surface area contributed by atoms with E-state index in [-0.39, 0.29) is 11.4 Å². The van der Waals surface area contributed by atoms with E-state index in [1.54, 1.807) is 5.38 Å². The molecule has 2 aromatic rings. The number of hydrogen-bond acceptors (Lipinski definition) is 6. The third-order valence-corrected chi connectivity index (χ3v) is 7.56. The number of oxime groups is 1. The maximum Gasteiger partial charge on any atom is 0.244 e. The summed E-state index contributed by atoms with van der Waals surface area (Å²) in [6.07, 6.45) is 0.858. The van der Waals surface area contributed by atoms with Crippen LogP contribution in [-0.2, 0) is 16.4 Å². The highest BCUT2D eigenvalue weighted by Gasteiger charge is 2.31. The molecule has 0 bridgehead atoms. The average Bonchev–Trinajstić information content (AvgIpc) is 3.07. The highest BCUT2D eigenvalue weighted by molar-refractivity contribution is 7.89. The maximum atomic E-state index is 13.0. The van der Waals surface area contributed by atoms with Crippen LogP contribution < -0.4 is 0 Å². The van der Waals surface area contributed by atoms with Crippen molar-refractivity contribution in [1.82, 2.24) is 4.31 Å². The van der Waals surface area contributed by atoms with Crippen molar-refractivity contribution in [2.75, 3.05) is 13.6 Å². The number of sulfonamides is 1. The Morgan fingerprint density at radius 3 is 2.65 bits per heavy atom. The smallest absolute Gasteiger partial charge is 0.244 e. The second-order valence-electron chi connectivity index (χ2n) is 6.16. The molecule has 1 aromatic carbocycles. The van der Waals surface area contributed by atoms with E-state index in [4.69, 9.17) is 5.21 Å². The van der Waals surface area contributed by atoms with E-state index in [1.165, 1.54) is 42.6 Å². The minimum Gasteiger partial charge on any atom is -0.411 e. The zero-order valence-electron chi connectivity index (χ0n) is 14.1. The topological polar surface area (TPSA) is 90.2 Å². The fourth-order valence-corrected chi connectivity index (χ4v) is 5.89. The van der Waals surface area contributed by atoms with Crippen molar-refractivity contribution < 1.29 is 23.1 Å². The van der Waals surface area contributed by atoms with Gasteiger partial charge in [0.05, 0.1) is 21.6 Å². The molecule has 6 nitrogen and oxygen atoms in total. The Balaban J connectivity index is 1.84. The van der Waals surface area contributed by atoms with E-state index < -0.39 is 21.9 Å². The molecule has 0 saturated heterocycles. The minimum absolute atomic E-state index is 0.153. The Bertz CT molecular complexity index is 923. The van der Waals surface area contributed by atoms with Gasteiger partial charge in [-0.25, -0.2) is 12.8 Å². The van der Waals surface area contributed by atoms with Crippen LogP contribution in [0, 0.1) is 5.82 Å². The average molecular weight is 398 g/mol. The highest BCUT2D eigenvalue weighted by atomic mass is 32.2. The molecule has 1 aliphatic rings. The minimum atomic E-state index is -3.81. The Morgan fingerprint density at radius 1 is 1.31 bits per heavy atom. The van der Waals surface area contributed by atoms with Crippen LogP contribution in [0.1, 0.15) is 34.9 Å². The largest absolute Gasteiger partial charge is 0.411 e. The van der Waals surface area contributed by atoms with Crippen molar-refractivity contribution in [3.05, 3.63) is 51.5 Å². The van der Waals surface area contributed by atoms with Crippen LogP contribution in [0.2, 0.25) is 0 Å². The number of aliphatic hydroxyl groups is 1. The zero-order chi connectivity index (χ0) is 18.9. The second-order valence-corrected chi connectivity index (χ2v) is 9.05. The van der Waals surface area contributed by atoms with Crippen LogP contribution in [0.5, 0.6) is 0 Å². The molecule has 0 fully saturated rings. The molecule has 1 aliphatic carbocycles. The summed E-state index contributed by atoms with van der Waals surface area (Å²) in [5.41, 5.74) is 1.61. The summed E-state index contributed by atoms with van der Waals surface area (Å²) in [6.45, 7) is -0.153. The lowest BCUT2D eigenvalue weighted by Crippen LogP contribution is -2.31. The molecule has 0 aliphatic heterocycles. The van der Waals surface area contributed by atoms with Gasteiger partial charge in [-0.05, 0) is 42.5 Å². The van der Waals surface area contributed by atoms with E-state index in [2.05, 4.69) is 5.16 Å². The van der Waals surface area contributed by atoms with E-state index in [1.807, 2.05) is 0 Å². The quantitative estimate of drug-likeness (QED) is 0.599.